The van der Waals surface area contributed by atoms with Gasteiger partial charge >= 0.3 is 0 Å². The molecule has 0 aliphatic carbocycles. The van der Waals surface area contributed by atoms with Crippen LogP contribution < -0.4 is 5.73 Å². The highest BCUT2D eigenvalue weighted by Gasteiger charge is 2.22. The molecule has 2 rings (SSSR count). The van der Waals surface area contributed by atoms with Crippen LogP contribution in [0.25, 0.3) is 0 Å². The van der Waals surface area contributed by atoms with Crippen molar-refractivity contribution >= 4 is 0 Å². The predicted molar refractivity (Wildman–Crippen MR) is 75.2 cm³/mol. The molecule has 0 amide bonds. The fourth-order valence-corrected chi connectivity index (χ4v) is 2.24. The summed E-state index contributed by atoms with van der Waals surface area (Å²) in [4.78, 5) is 4.72. The summed E-state index contributed by atoms with van der Waals surface area (Å²) < 4.78 is 0. The molecule has 18 heavy (non-hydrogen) atoms. The smallest absolute Gasteiger partial charge is 0.0609 e. The van der Waals surface area contributed by atoms with Crippen molar-refractivity contribution in [3.63, 3.8) is 0 Å². The monoisotopic (exact) mass is 243 g/mol. The molecule has 3 heteroatoms. The second-order valence-electron chi connectivity index (χ2n) is 4.79. The van der Waals surface area contributed by atoms with Gasteiger partial charge in [0, 0.05) is 37.8 Å². The van der Waals surface area contributed by atoms with Crippen LogP contribution in [0, 0.1) is 11.8 Å². The Labute approximate surface area is 110 Å². The normalized spacial score (nSPS) is 21.3. The minimum absolute atomic E-state index is 0.439. The van der Waals surface area contributed by atoms with Gasteiger partial charge in [-0.3, -0.25) is 4.90 Å². The summed E-state index contributed by atoms with van der Waals surface area (Å²) in [6.45, 7) is 4.72. The van der Waals surface area contributed by atoms with Crippen molar-refractivity contribution in [2.24, 2.45) is 5.73 Å². The third-order valence-electron chi connectivity index (χ3n) is 3.37. The lowest BCUT2D eigenvalue weighted by Crippen LogP contribution is -2.54. The molecule has 1 aliphatic rings. The maximum atomic E-state index is 5.82. The average molecular weight is 243 g/mol. The van der Waals surface area contributed by atoms with E-state index in [1.165, 1.54) is 0 Å². The first kappa shape index (κ1) is 13.1. The van der Waals surface area contributed by atoms with E-state index >= 15 is 0 Å². The number of nitrogens with zero attached hydrogens (tertiary/aromatic N) is 2. The zero-order valence-electron chi connectivity index (χ0n) is 11.0. The summed E-state index contributed by atoms with van der Waals surface area (Å²) in [5, 5.41) is 0. The van der Waals surface area contributed by atoms with Gasteiger partial charge < -0.3 is 10.6 Å². The van der Waals surface area contributed by atoms with Crippen LogP contribution in [0.1, 0.15) is 5.56 Å². The molecule has 1 atom stereocenters. The molecule has 0 aromatic heterocycles. The van der Waals surface area contributed by atoms with Crippen LogP contribution in [-0.4, -0.2) is 55.6 Å². The van der Waals surface area contributed by atoms with E-state index < -0.39 is 0 Å². The van der Waals surface area contributed by atoms with E-state index in [1.54, 1.807) is 0 Å². The molecule has 1 unspecified atom stereocenters. The van der Waals surface area contributed by atoms with Crippen molar-refractivity contribution in [2.45, 2.75) is 6.04 Å². The van der Waals surface area contributed by atoms with Crippen molar-refractivity contribution < 1.29 is 0 Å². The van der Waals surface area contributed by atoms with Crippen LogP contribution >= 0.6 is 0 Å². The van der Waals surface area contributed by atoms with Crippen LogP contribution in [0.15, 0.2) is 30.3 Å². The third-order valence-corrected chi connectivity index (χ3v) is 3.37. The second kappa shape index (κ2) is 6.55. The van der Waals surface area contributed by atoms with Crippen molar-refractivity contribution in [2.75, 3.05) is 39.8 Å². The maximum absolute atomic E-state index is 5.82. The standard InChI is InChI=1S/C15H21N3/c1-17-10-11-18(15(12-16)13-17)9-5-8-14-6-3-2-4-7-14/h2-4,6-7,15H,9-13,16H2,1H3. The predicted octanol–water partition coefficient (Wildman–Crippen LogP) is 0.613. The first-order chi connectivity index (χ1) is 8.79. The molecule has 1 aromatic carbocycles. The molecule has 2 N–H and O–H groups in total. The van der Waals surface area contributed by atoms with Gasteiger partial charge in [-0.25, -0.2) is 0 Å². The Balaban J connectivity index is 1.91. The highest BCUT2D eigenvalue weighted by atomic mass is 15.3. The maximum Gasteiger partial charge on any atom is 0.0609 e. The Morgan fingerprint density at radius 2 is 2.06 bits per heavy atom. The number of benzene rings is 1. The van der Waals surface area contributed by atoms with Gasteiger partial charge in [-0.2, -0.15) is 0 Å². The van der Waals surface area contributed by atoms with Crippen molar-refractivity contribution in [1.29, 1.82) is 0 Å². The minimum atomic E-state index is 0.439. The summed E-state index contributed by atoms with van der Waals surface area (Å²) in [6.07, 6.45) is 0. The summed E-state index contributed by atoms with van der Waals surface area (Å²) in [5.74, 6) is 6.45. The minimum Gasteiger partial charge on any atom is -0.329 e. The zero-order chi connectivity index (χ0) is 12.8. The summed E-state index contributed by atoms with van der Waals surface area (Å²) >= 11 is 0. The largest absolute Gasteiger partial charge is 0.329 e. The summed E-state index contributed by atoms with van der Waals surface area (Å²) in [5.41, 5.74) is 6.90. The lowest BCUT2D eigenvalue weighted by atomic mass is 10.1. The van der Waals surface area contributed by atoms with Gasteiger partial charge in [-0.05, 0) is 19.2 Å². The van der Waals surface area contributed by atoms with Crippen molar-refractivity contribution in [3.8, 4) is 11.8 Å². The van der Waals surface area contributed by atoms with Crippen molar-refractivity contribution in [3.05, 3.63) is 35.9 Å². The Kier molecular flexibility index (Phi) is 4.77. The van der Waals surface area contributed by atoms with Gasteiger partial charge in [0.2, 0.25) is 0 Å². The topological polar surface area (TPSA) is 32.5 Å². The van der Waals surface area contributed by atoms with Crippen LogP contribution in [-0.2, 0) is 0 Å². The number of piperazine rings is 1. The molecule has 1 saturated heterocycles. The van der Waals surface area contributed by atoms with Gasteiger partial charge in [-0.15, -0.1) is 0 Å². The fourth-order valence-electron chi connectivity index (χ4n) is 2.24. The van der Waals surface area contributed by atoms with Crippen LogP contribution in [0.3, 0.4) is 0 Å². The second-order valence-corrected chi connectivity index (χ2v) is 4.79. The van der Waals surface area contributed by atoms with E-state index in [-0.39, 0.29) is 0 Å². The third kappa shape index (κ3) is 3.58. The van der Waals surface area contributed by atoms with Gasteiger partial charge in [0.25, 0.3) is 0 Å². The van der Waals surface area contributed by atoms with Crippen LogP contribution in [0.4, 0.5) is 0 Å². The molecule has 3 nitrogen and oxygen atoms in total. The summed E-state index contributed by atoms with van der Waals surface area (Å²) in [6, 6.07) is 10.6. The zero-order valence-corrected chi connectivity index (χ0v) is 11.0. The SMILES string of the molecule is CN1CCN(CC#Cc2ccccc2)C(CN)C1. The molecule has 1 heterocycles. The highest BCUT2D eigenvalue weighted by molar-refractivity contribution is 5.33. The molecule has 1 fully saturated rings. The molecule has 0 saturated carbocycles. The van der Waals surface area contributed by atoms with Crippen LogP contribution in [0.2, 0.25) is 0 Å². The van der Waals surface area contributed by atoms with E-state index in [2.05, 4.69) is 28.7 Å². The van der Waals surface area contributed by atoms with Gasteiger partial charge in [-0.1, -0.05) is 30.0 Å². The number of hydrogen-bond acceptors (Lipinski definition) is 3. The average Bonchev–Trinajstić information content (AvgIpc) is 2.41. The summed E-state index contributed by atoms with van der Waals surface area (Å²) in [7, 11) is 2.15. The fraction of sp³-hybridized carbons (Fsp3) is 0.467. The number of nitrogens with two attached hydrogens (primary N) is 1. The first-order valence-electron chi connectivity index (χ1n) is 6.46. The van der Waals surface area contributed by atoms with E-state index in [1.807, 2.05) is 30.3 Å². The highest BCUT2D eigenvalue weighted by Crippen LogP contribution is 2.06. The quantitative estimate of drug-likeness (QED) is 0.773. The first-order valence-corrected chi connectivity index (χ1v) is 6.46. The van der Waals surface area contributed by atoms with E-state index in [9.17, 15) is 0 Å². The van der Waals surface area contributed by atoms with Crippen LogP contribution in [0.5, 0.6) is 0 Å². The Morgan fingerprint density at radius 3 is 2.78 bits per heavy atom. The van der Waals surface area contributed by atoms with Gasteiger partial charge in [0.05, 0.1) is 6.54 Å². The van der Waals surface area contributed by atoms with Gasteiger partial charge in [0.1, 0.15) is 0 Å². The molecular formula is C15H21N3. The lowest BCUT2D eigenvalue weighted by molar-refractivity contribution is 0.107. The molecule has 1 aliphatic heterocycles. The Morgan fingerprint density at radius 1 is 1.28 bits per heavy atom. The van der Waals surface area contributed by atoms with E-state index in [0.29, 0.717) is 12.6 Å². The van der Waals surface area contributed by atoms with E-state index in [0.717, 1.165) is 31.7 Å². The Bertz CT molecular complexity index is 418. The molecule has 1 aromatic rings. The van der Waals surface area contributed by atoms with Gasteiger partial charge in [0.15, 0.2) is 0 Å². The van der Waals surface area contributed by atoms with E-state index in [4.69, 9.17) is 5.73 Å². The molecule has 0 bridgehead atoms. The van der Waals surface area contributed by atoms with Crippen molar-refractivity contribution in [1.82, 2.24) is 9.80 Å². The molecule has 0 spiro atoms. The lowest BCUT2D eigenvalue weighted by Gasteiger charge is -2.38. The molecule has 96 valence electrons. The number of hydrogen-bond donors (Lipinski definition) is 1. The number of likely N-dealkylation sites (N-methyl/N-ethyl adjacent to an activating group) is 1. The molecular weight excluding hydrogens is 222 g/mol. The number of rotatable bonds is 2. The Hall–Kier alpha value is -1.34. The molecule has 0 radical (unpaired) electrons.